The molecular formula is C27H22N2O3. The molecule has 4 aromatic rings. The summed E-state index contributed by atoms with van der Waals surface area (Å²) in [5.41, 5.74) is 0.142. The number of nitrogens with one attached hydrogen (secondary N) is 2. The smallest absolute Gasteiger partial charge is 0.265 e. The molecule has 4 aromatic carbocycles. The van der Waals surface area contributed by atoms with Gasteiger partial charge >= 0.3 is 0 Å². The lowest BCUT2D eigenvalue weighted by atomic mass is 9.85. The van der Waals surface area contributed by atoms with Gasteiger partial charge in [-0.1, -0.05) is 91.0 Å². The number of carbonyl (C=O) groups excluding carboxylic acids is 2. The lowest BCUT2D eigenvalue weighted by molar-refractivity contribution is -0.131. The van der Waals surface area contributed by atoms with E-state index in [1.807, 2.05) is 30.3 Å². The topological polar surface area (TPSA) is 78.4 Å². The van der Waals surface area contributed by atoms with Crippen LogP contribution in [0, 0.1) is 0 Å². The van der Waals surface area contributed by atoms with E-state index in [9.17, 15) is 14.7 Å². The van der Waals surface area contributed by atoms with Crippen molar-refractivity contribution in [3.8, 4) is 0 Å². The standard InChI is InChI=1S/C27H22N2O3/c30-25(28-22-16-8-3-9-17-22)23-18-10-11-19-24(23)29-26(31)27(32,20-12-4-1-5-13-20)21-14-6-2-7-15-21/h1-19,32H,(H,28,30)(H,29,31). The van der Waals surface area contributed by atoms with Gasteiger partial charge in [-0.3, -0.25) is 9.59 Å². The molecule has 0 spiro atoms. The minimum absolute atomic E-state index is 0.285. The Hall–Kier alpha value is -4.22. The first-order valence-corrected chi connectivity index (χ1v) is 10.2. The minimum atomic E-state index is -1.94. The number of rotatable bonds is 6. The SMILES string of the molecule is O=C(Nc1ccccc1)c1ccccc1NC(=O)C(O)(c1ccccc1)c1ccccc1. The summed E-state index contributed by atoms with van der Waals surface area (Å²) in [6, 6.07) is 33.2. The molecule has 0 aliphatic carbocycles. The molecule has 0 aromatic heterocycles. The van der Waals surface area contributed by atoms with Crippen LogP contribution >= 0.6 is 0 Å². The van der Waals surface area contributed by atoms with Crippen molar-refractivity contribution in [3.63, 3.8) is 0 Å². The van der Waals surface area contributed by atoms with Crippen LogP contribution in [-0.4, -0.2) is 16.9 Å². The molecule has 32 heavy (non-hydrogen) atoms. The van der Waals surface area contributed by atoms with Crippen LogP contribution in [-0.2, 0) is 10.4 Å². The summed E-state index contributed by atoms with van der Waals surface area (Å²) in [6.07, 6.45) is 0. The Morgan fingerprint density at radius 3 is 1.62 bits per heavy atom. The predicted molar refractivity (Wildman–Crippen MR) is 125 cm³/mol. The van der Waals surface area contributed by atoms with Gasteiger partial charge < -0.3 is 15.7 Å². The molecule has 2 amide bonds. The first-order chi connectivity index (χ1) is 15.6. The zero-order valence-corrected chi connectivity index (χ0v) is 17.2. The molecule has 0 saturated heterocycles. The summed E-state index contributed by atoms with van der Waals surface area (Å²) in [7, 11) is 0. The van der Waals surface area contributed by atoms with Gasteiger partial charge in [-0.15, -0.1) is 0 Å². The average molecular weight is 422 g/mol. The molecule has 0 aliphatic heterocycles. The highest BCUT2D eigenvalue weighted by Crippen LogP contribution is 2.31. The van der Waals surface area contributed by atoms with E-state index in [0.717, 1.165) is 0 Å². The highest BCUT2D eigenvalue weighted by atomic mass is 16.3. The molecule has 0 aliphatic rings. The highest BCUT2D eigenvalue weighted by Gasteiger charge is 2.40. The summed E-state index contributed by atoms with van der Waals surface area (Å²) in [5, 5.41) is 17.2. The summed E-state index contributed by atoms with van der Waals surface area (Å²) >= 11 is 0. The third kappa shape index (κ3) is 4.29. The van der Waals surface area contributed by atoms with E-state index in [1.165, 1.54) is 0 Å². The molecule has 0 unspecified atom stereocenters. The molecular weight excluding hydrogens is 400 g/mol. The summed E-state index contributed by atoms with van der Waals surface area (Å²) < 4.78 is 0. The van der Waals surface area contributed by atoms with Crippen molar-refractivity contribution in [2.24, 2.45) is 0 Å². The van der Waals surface area contributed by atoms with Gasteiger partial charge in [0.25, 0.3) is 11.8 Å². The van der Waals surface area contributed by atoms with E-state index < -0.39 is 11.5 Å². The zero-order chi connectivity index (χ0) is 22.4. The van der Waals surface area contributed by atoms with E-state index in [0.29, 0.717) is 22.5 Å². The Morgan fingerprint density at radius 1 is 0.594 bits per heavy atom. The Bertz CT molecular complexity index is 1170. The van der Waals surface area contributed by atoms with Gasteiger partial charge in [0.05, 0.1) is 11.3 Å². The van der Waals surface area contributed by atoms with Crippen molar-refractivity contribution in [3.05, 3.63) is 132 Å². The molecule has 0 saturated carbocycles. The summed E-state index contributed by atoms with van der Waals surface area (Å²) in [5.74, 6) is -1.02. The van der Waals surface area contributed by atoms with Gasteiger partial charge in [0.15, 0.2) is 5.60 Å². The van der Waals surface area contributed by atoms with Gasteiger partial charge in [0.1, 0.15) is 0 Å². The monoisotopic (exact) mass is 422 g/mol. The Kier molecular flexibility index (Phi) is 6.10. The van der Waals surface area contributed by atoms with Crippen LogP contribution in [0.3, 0.4) is 0 Å². The van der Waals surface area contributed by atoms with Gasteiger partial charge in [-0.25, -0.2) is 0 Å². The van der Waals surface area contributed by atoms with Crippen LogP contribution < -0.4 is 10.6 Å². The van der Waals surface area contributed by atoms with Crippen LogP contribution in [0.15, 0.2) is 115 Å². The molecule has 0 atom stereocenters. The Labute approximate surface area is 186 Å². The van der Waals surface area contributed by atoms with Crippen molar-refractivity contribution in [1.29, 1.82) is 0 Å². The number of hydrogen-bond acceptors (Lipinski definition) is 3. The molecule has 0 heterocycles. The molecule has 0 bridgehead atoms. The number of carbonyl (C=O) groups is 2. The van der Waals surface area contributed by atoms with Crippen LogP contribution in [0.2, 0.25) is 0 Å². The van der Waals surface area contributed by atoms with Crippen molar-refractivity contribution < 1.29 is 14.7 Å². The maximum Gasteiger partial charge on any atom is 0.265 e. The van der Waals surface area contributed by atoms with E-state index in [2.05, 4.69) is 10.6 Å². The third-order valence-corrected chi connectivity index (χ3v) is 5.16. The number of aliphatic hydroxyl groups is 1. The van der Waals surface area contributed by atoms with Crippen molar-refractivity contribution in [2.75, 3.05) is 10.6 Å². The maximum atomic E-state index is 13.5. The lowest BCUT2D eigenvalue weighted by Crippen LogP contribution is -2.41. The number of amides is 2. The van der Waals surface area contributed by atoms with Crippen molar-refractivity contribution >= 4 is 23.2 Å². The zero-order valence-electron chi connectivity index (χ0n) is 17.2. The summed E-state index contributed by atoms with van der Waals surface area (Å²) in [6.45, 7) is 0. The fourth-order valence-electron chi connectivity index (χ4n) is 3.51. The van der Waals surface area contributed by atoms with Gasteiger partial charge in [-0.2, -0.15) is 0 Å². The van der Waals surface area contributed by atoms with Crippen LogP contribution in [0.4, 0.5) is 11.4 Å². The van der Waals surface area contributed by atoms with E-state index in [-0.39, 0.29) is 11.5 Å². The number of benzene rings is 4. The largest absolute Gasteiger partial charge is 0.372 e. The Balaban J connectivity index is 1.67. The quantitative estimate of drug-likeness (QED) is 0.417. The van der Waals surface area contributed by atoms with Gasteiger partial charge in [0, 0.05) is 5.69 Å². The minimum Gasteiger partial charge on any atom is -0.372 e. The lowest BCUT2D eigenvalue weighted by Gasteiger charge is -2.28. The number of hydrogen-bond donors (Lipinski definition) is 3. The highest BCUT2D eigenvalue weighted by molar-refractivity contribution is 6.11. The van der Waals surface area contributed by atoms with Gasteiger partial charge in [-0.05, 0) is 35.4 Å². The van der Waals surface area contributed by atoms with Crippen molar-refractivity contribution in [2.45, 2.75) is 5.60 Å². The molecule has 5 nitrogen and oxygen atoms in total. The van der Waals surface area contributed by atoms with Crippen LogP contribution in [0.1, 0.15) is 21.5 Å². The Morgan fingerprint density at radius 2 is 1.06 bits per heavy atom. The second-order valence-electron chi connectivity index (χ2n) is 7.26. The van der Waals surface area contributed by atoms with E-state index in [4.69, 9.17) is 0 Å². The fourth-order valence-corrected chi connectivity index (χ4v) is 3.51. The van der Waals surface area contributed by atoms with Crippen LogP contribution in [0.25, 0.3) is 0 Å². The van der Waals surface area contributed by atoms with Gasteiger partial charge in [0.2, 0.25) is 0 Å². The molecule has 0 fully saturated rings. The third-order valence-electron chi connectivity index (χ3n) is 5.16. The molecule has 4 rings (SSSR count). The first-order valence-electron chi connectivity index (χ1n) is 10.2. The van der Waals surface area contributed by atoms with E-state index in [1.54, 1.807) is 84.9 Å². The second kappa shape index (κ2) is 9.29. The predicted octanol–water partition coefficient (Wildman–Crippen LogP) is 4.81. The molecule has 3 N–H and O–H groups in total. The fraction of sp³-hybridized carbons (Fsp3) is 0.0370. The van der Waals surface area contributed by atoms with E-state index >= 15 is 0 Å². The van der Waals surface area contributed by atoms with Crippen molar-refractivity contribution in [1.82, 2.24) is 0 Å². The molecule has 5 heteroatoms. The molecule has 158 valence electrons. The normalized spacial score (nSPS) is 10.9. The number of para-hydroxylation sites is 2. The number of anilines is 2. The maximum absolute atomic E-state index is 13.5. The van der Waals surface area contributed by atoms with Crippen LogP contribution in [0.5, 0.6) is 0 Å². The first kappa shape index (κ1) is 21.0. The average Bonchev–Trinajstić information content (AvgIpc) is 2.85. The molecule has 0 radical (unpaired) electrons. The summed E-state index contributed by atoms with van der Waals surface area (Å²) in [4.78, 5) is 26.4. The second-order valence-corrected chi connectivity index (χ2v) is 7.26.